The van der Waals surface area contributed by atoms with Crippen LogP contribution in [0.4, 0.5) is 0 Å². The zero-order valence-electron chi connectivity index (χ0n) is 7.76. The van der Waals surface area contributed by atoms with Crippen LogP contribution in [0, 0.1) is 0 Å². The highest BCUT2D eigenvalue weighted by Crippen LogP contribution is 2.21. The SMILES string of the molecule is COS(=O)(=O)n1cnc2c(Cl)nc(Cl)nc21. The van der Waals surface area contributed by atoms with E-state index in [-0.39, 0.29) is 21.6 Å². The lowest BCUT2D eigenvalue weighted by atomic mass is 10.6. The molecule has 2 aromatic heterocycles. The third-order valence-electron chi connectivity index (χ3n) is 1.75. The van der Waals surface area contributed by atoms with Crippen LogP contribution in [-0.4, -0.2) is 34.5 Å². The fourth-order valence-corrected chi connectivity index (χ4v) is 2.15. The Morgan fingerprint density at radius 3 is 2.69 bits per heavy atom. The summed E-state index contributed by atoms with van der Waals surface area (Å²) in [6, 6.07) is 0. The van der Waals surface area contributed by atoms with E-state index in [9.17, 15) is 8.42 Å². The van der Waals surface area contributed by atoms with E-state index in [1.165, 1.54) is 0 Å². The molecule has 0 aliphatic rings. The predicted molar refractivity (Wildman–Crippen MR) is 56.7 cm³/mol. The molecule has 0 aliphatic heterocycles. The number of hydrogen-bond donors (Lipinski definition) is 0. The van der Waals surface area contributed by atoms with Crippen molar-refractivity contribution in [3.05, 3.63) is 16.8 Å². The van der Waals surface area contributed by atoms with Crippen LogP contribution in [0.25, 0.3) is 11.2 Å². The second-order valence-corrected chi connectivity index (χ2v) is 4.90. The fraction of sp³-hybridized carbons (Fsp3) is 0.167. The molecule has 0 atom stereocenters. The van der Waals surface area contributed by atoms with Gasteiger partial charge in [0.25, 0.3) is 0 Å². The average Bonchev–Trinajstić information content (AvgIpc) is 2.62. The minimum Gasteiger partial charge on any atom is -0.257 e. The summed E-state index contributed by atoms with van der Waals surface area (Å²) in [4.78, 5) is 11.1. The lowest BCUT2D eigenvalue weighted by molar-refractivity contribution is 0.391. The van der Waals surface area contributed by atoms with Crippen LogP contribution in [0.1, 0.15) is 0 Å². The van der Waals surface area contributed by atoms with Crippen molar-refractivity contribution in [2.45, 2.75) is 0 Å². The van der Waals surface area contributed by atoms with Crippen molar-refractivity contribution < 1.29 is 12.6 Å². The molecule has 0 bridgehead atoms. The lowest BCUT2D eigenvalue weighted by Gasteiger charge is -2.02. The Bertz CT molecular complexity index is 653. The Kier molecular flexibility index (Phi) is 2.74. The van der Waals surface area contributed by atoms with E-state index in [0.29, 0.717) is 0 Å². The molecule has 10 heteroatoms. The van der Waals surface area contributed by atoms with E-state index >= 15 is 0 Å². The van der Waals surface area contributed by atoms with Gasteiger partial charge in [0.1, 0.15) is 11.8 Å². The molecule has 2 rings (SSSR count). The summed E-state index contributed by atoms with van der Waals surface area (Å²) in [6.45, 7) is 0. The van der Waals surface area contributed by atoms with Crippen LogP contribution < -0.4 is 0 Å². The number of halogens is 2. The van der Waals surface area contributed by atoms with Gasteiger partial charge >= 0.3 is 10.3 Å². The van der Waals surface area contributed by atoms with Crippen LogP contribution >= 0.6 is 23.2 Å². The quantitative estimate of drug-likeness (QED) is 0.600. The average molecular weight is 283 g/mol. The summed E-state index contributed by atoms with van der Waals surface area (Å²) in [5.41, 5.74) is 0.0959. The highest BCUT2D eigenvalue weighted by atomic mass is 35.5. The van der Waals surface area contributed by atoms with Crippen molar-refractivity contribution in [1.29, 1.82) is 0 Å². The maximum Gasteiger partial charge on any atom is 0.368 e. The van der Waals surface area contributed by atoms with Gasteiger partial charge in [-0.15, -0.1) is 0 Å². The van der Waals surface area contributed by atoms with Crippen molar-refractivity contribution in [2.75, 3.05) is 7.11 Å². The summed E-state index contributed by atoms with van der Waals surface area (Å²) < 4.78 is 27.9. The van der Waals surface area contributed by atoms with Gasteiger partial charge in [-0.1, -0.05) is 11.6 Å². The van der Waals surface area contributed by atoms with Crippen molar-refractivity contribution in [3.63, 3.8) is 0 Å². The Hall–Kier alpha value is -0.960. The molecular weight excluding hydrogens is 279 g/mol. The second kappa shape index (κ2) is 3.81. The maximum absolute atomic E-state index is 11.5. The van der Waals surface area contributed by atoms with Gasteiger partial charge in [-0.25, -0.2) is 9.97 Å². The van der Waals surface area contributed by atoms with Crippen molar-refractivity contribution in [1.82, 2.24) is 18.9 Å². The minimum atomic E-state index is -3.97. The molecule has 0 radical (unpaired) electrons. The highest BCUT2D eigenvalue weighted by Gasteiger charge is 2.19. The number of imidazole rings is 1. The first-order chi connectivity index (χ1) is 7.45. The van der Waals surface area contributed by atoms with Gasteiger partial charge in [0.2, 0.25) is 5.28 Å². The van der Waals surface area contributed by atoms with E-state index in [0.717, 1.165) is 17.4 Å². The number of hydrogen-bond acceptors (Lipinski definition) is 6. The van der Waals surface area contributed by atoms with Crippen molar-refractivity contribution in [3.8, 4) is 0 Å². The Morgan fingerprint density at radius 2 is 2.06 bits per heavy atom. The summed E-state index contributed by atoms with van der Waals surface area (Å²) in [5.74, 6) is 0. The largest absolute Gasteiger partial charge is 0.368 e. The standard InChI is InChI=1S/C6H4Cl2N4O3S/c1-15-16(13,14)12-2-9-3-4(7)10-6(8)11-5(3)12/h2H,1H3. The van der Waals surface area contributed by atoms with Crippen LogP contribution in [0.5, 0.6) is 0 Å². The number of nitrogens with zero attached hydrogens (tertiary/aromatic N) is 4. The summed E-state index contributed by atoms with van der Waals surface area (Å²) in [7, 11) is -2.95. The van der Waals surface area contributed by atoms with Crippen LogP contribution in [0.15, 0.2) is 6.33 Å². The highest BCUT2D eigenvalue weighted by molar-refractivity contribution is 7.85. The smallest absolute Gasteiger partial charge is 0.257 e. The number of rotatable bonds is 2. The fourth-order valence-electron chi connectivity index (χ4n) is 1.07. The number of fused-ring (bicyclic) bond motifs is 1. The minimum absolute atomic E-state index is 0.0277. The Morgan fingerprint density at radius 1 is 1.38 bits per heavy atom. The summed E-state index contributed by atoms with van der Waals surface area (Å²) in [5, 5.41) is -0.203. The Balaban J connectivity index is 2.85. The van der Waals surface area contributed by atoms with Gasteiger partial charge in [0.15, 0.2) is 10.8 Å². The van der Waals surface area contributed by atoms with E-state index in [1.54, 1.807) is 0 Å². The first kappa shape index (κ1) is 11.5. The molecule has 0 aromatic carbocycles. The van der Waals surface area contributed by atoms with Gasteiger partial charge in [-0.3, -0.25) is 4.18 Å². The molecule has 0 saturated carbocycles. The first-order valence-corrected chi connectivity index (χ1v) is 5.95. The van der Waals surface area contributed by atoms with E-state index in [1.807, 2.05) is 0 Å². The second-order valence-electron chi connectivity index (χ2n) is 2.62. The summed E-state index contributed by atoms with van der Waals surface area (Å²) in [6.07, 6.45) is 1.01. The van der Waals surface area contributed by atoms with E-state index < -0.39 is 10.3 Å². The van der Waals surface area contributed by atoms with Crippen LogP contribution in [0.3, 0.4) is 0 Å². The Labute approximate surface area is 100 Å². The molecule has 0 saturated heterocycles. The van der Waals surface area contributed by atoms with Gasteiger partial charge < -0.3 is 0 Å². The lowest BCUT2D eigenvalue weighted by Crippen LogP contribution is -2.13. The van der Waals surface area contributed by atoms with Crippen LogP contribution in [0.2, 0.25) is 10.4 Å². The van der Waals surface area contributed by atoms with E-state index in [4.69, 9.17) is 23.2 Å². The molecule has 2 aromatic rings. The summed E-state index contributed by atoms with van der Waals surface area (Å²) >= 11 is 11.3. The maximum atomic E-state index is 11.5. The third kappa shape index (κ3) is 1.73. The molecule has 0 aliphatic carbocycles. The molecule has 0 unspecified atom stereocenters. The normalized spacial score (nSPS) is 12.2. The zero-order valence-corrected chi connectivity index (χ0v) is 10.1. The molecule has 0 N–H and O–H groups in total. The van der Waals surface area contributed by atoms with Gasteiger partial charge in [-0.2, -0.15) is 17.4 Å². The topological polar surface area (TPSA) is 87.0 Å². The van der Waals surface area contributed by atoms with E-state index in [2.05, 4.69) is 19.1 Å². The molecule has 0 spiro atoms. The molecule has 0 amide bonds. The molecule has 16 heavy (non-hydrogen) atoms. The molecule has 0 fully saturated rings. The molecule has 2 heterocycles. The van der Waals surface area contributed by atoms with Gasteiger partial charge in [-0.05, 0) is 11.6 Å². The number of aromatic nitrogens is 4. The zero-order chi connectivity index (χ0) is 11.9. The monoisotopic (exact) mass is 282 g/mol. The third-order valence-corrected chi connectivity index (χ3v) is 3.35. The van der Waals surface area contributed by atoms with Crippen molar-refractivity contribution in [2.24, 2.45) is 0 Å². The molecule has 86 valence electrons. The first-order valence-electron chi connectivity index (χ1n) is 3.83. The van der Waals surface area contributed by atoms with Gasteiger partial charge in [0.05, 0.1) is 7.11 Å². The molecular formula is C6H4Cl2N4O3S. The molecule has 7 nitrogen and oxygen atoms in total. The predicted octanol–water partition coefficient (Wildman–Crippen LogP) is 0.872. The van der Waals surface area contributed by atoms with Gasteiger partial charge in [0, 0.05) is 0 Å². The van der Waals surface area contributed by atoms with Crippen LogP contribution in [-0.2, 0) is 14.5 Å². The van der Waals surface area contributed by atoms with Crippen molar-refractivity contribution >= 4 is 44.7 Å².